The predicted octanol–water partition coefficient (Wildman–Crippen LogP) is -5.13. The lowest BCUT2D eigenvalue weighted by atomic mass is 10.0. The van der Waals surface area contributed by atoms with Gasteiger partial charge in [0.05, 0.1) is 26.4 Å². The number of carboxylic acid groups (broad SMARTS) is 1. The summed E-state index contributed by atoms with van der Waals surface area (Å²) < 4.78 is 0. The van der Waals surface area contributed by atoms with Gasteiger partial charge in [0.1, 0.15) is 48.3 Å². The molecule has 2 heterocycles. The normalized spacial score (nSPS) is 16.4. The molecule has 2 aromatic rings. The minimum atomic E-state index is -1.62. The van der Waals surface area contributed by atoms with Crippen molar-refractivity contribution >= 4 is 70.1 Å². The minimum absolute atomic E-state index is 0.0404. The first kappa shape index (κ1) is 57.4. The maximum absolute atomic E-state index is 13.8. The third-order valence-electron chi connectivity index (χ3n) is 11.3. The topological polar surface area (TPSA) is 428 Å². The molecule has 0 saturated carbocycles. The maximum atomic E-state index is 13.8. The number of rotatable bonds is 28. The number of para-hydroxylation sites is 1. The third-order valence-corrected chi connectivity index (χ3v) is 11.3. The van der Waals surface area contributed by atoms with Crippen LogP contribution in [0.2, 0.25) is 0 Å². The number of likely N-dealkylation sites (tertiary alicyclic amines) is 1. The molecular formula is C44H69N13O13. The summed E-state index contributed by atoms with van der Waals surface area (Å²) in [7, 11) is 0. The number of hydrogen-bond acceptors (Lipinski definition) is 14. The van der Waals surface area contributed by atoms with Crippen LogP contribution in [0.25, 0.3) is 10.9 Å². The molecule has 70 heavy (non-hydrogen) atoms. The van der Waals surface area contributed by atoms with Gasteiger partial charge in [0.2, 0.25) is 47.3 Å². The second kappa shape index (κ2) is 27.9. The highest BCUT2D eigenvalue weighted by atomic mass is 16.4. The average Bonchev–Trinajstić information content (AvgIpc) is 3.98. The SMILES string of the molecule is CC(C)C[C@H](NC(=O)[C@@H]1CCCN1C(=O)CNC(=O)[C@H](CCCN=C(N)N)NC(=O)[C@H](CO)NC(=O)[C@@H](NC(=O)[C@@H](N)CO)C(C)C)C(=O)N[C@@H](CO)C(=O)N[C@@H](Cc1c[nH]c2ccccc12)C(=O)O. The van der Waals surface area contributed by atoms with E-state index < -0.39 is 134 Å². The Morgan fingerprint density at radius 3 is 1.94 bits per heavy atom. The van der Waals surface area contributed by atoms with Crippen molar-refractivity contribution in [3.63, 3.8) is 0 Å². The van der Waals surface area contributed by atoms with E-state index in [9.17, 15) is 63.6 Å². The first-order chi connectivity index (χ1) is 33.1. The molecule has 18 N–H and O–H groups in total. The predicted molar refractivity (Wildman–Crippen MR) is 252 cm³/mol. The summed E-state index contributed by atoms with van der Waals surface area (Å²) in [6, 6.07) is -3.73. The van der Waals surface area contributed by atoms with E-state index in [0.717, 1.165) is 10.9 Å². The van der Waals surface area contributed by atoms with Gasteiger partial charge in [0.15, 0.2) is 5.96 Å². The average molecular weight is 988 g/mol. The van der Waals surface area contributed by atoms with Crippen molar-refractivity contribution in [1.82, 2.24) is 47.1 Å². The Hall–Kier alpha value is -6.90. The number of carboxylic acids is 1. The number of nitrogens with two attached hydrogens (primary N) is 3. The molecular weight excluding hydrogens is 919 g/mol. The van der Waals surface area contributed by atoms with Crippen molar-refractivity contribution in [3.8, 4) is 0 Å². The molecule has 1 aliphatic rings. The molecule has 0 radical (unpaired) electrons. The summed E-state index contributed by atoms with van der Waals surface area (Å²) in [4.78, 5) is 127. The second-order valence-electron chi connectivity index (χ2n) is 17.6. The number of aliphatic imine (C=N–C) groups is 1. The van der Waals surface area contributed by atoms with E-state index in [4.69, 9.17) is 17.2 Å². The molecule has 0 unspecified atom stereocenters. The fourth-order valence-corrected chi connectivity index (χ4v) is 7.53. The Morgan fingerprint density at radius 2 is 1.36 bits per heavy atom. The Morgan fingerprint density at radius 1 is 0.757 bits per heavy atom. The number of carbonyl (C=O) groups is 9. The van der Waals surface area contributed by atoms with Crippen molar-refractivity contribution in [1.29, 1.82) is 0 Å². The molecule has 1 saturated heterocycles. The van der Waals surface area contributed by atoms with Gasteiger partial charge in [-0.15, -0.1) is 0 Å². The zero-order valence-electron chi connectivity index (χ0n) is 39.7. The molecule has 8 amide bonds. The Bertz CT molecular complexity index is 2180. The van der Waals surface area contributed by atoms with Crippen molar-refractivity contribution in [3.05, 3.63) is 36.0 Å². The maximum Gasteiger partial charge on any atom is 0.326 e. The Balaban J connectivity index is 1.67. The number of aliphatic hydroxyl groups is 3. The highest BCUT2D eigenvalue weighted by molar-refractivity contribution is 5.98. The van der Waals surface area contributed by atoms with E-state index in [1.54, 1.807) is 58.2 Å². The molecule has 1 fully saturated rings. The van der Waals surface area contributed by atoms with Gasteiger partial charge in [0, 0.05) is 36.6 Å². The zero-order valence-corrected chi connectivity index (χ0v) is 39.7. The number of nitrogens with zero attached hydrogens (tertiary/aromatic N) is 2. The number of guanidine groups is 1. The van der Waals surface area contributed by atoms with Crippen molar-refractivity contribution in [2.24, 2.45) is 34.0 Å². The fraction of sp³-hybridized carbons (Fsp3) is 0.591. The number of nitrogens with one attached hydrogen (secondary N) is 8. The van der Waals surface area contributed by atoms with E-state index in [-0.39, 0.29) is 57.1 Å². The minimum Gasteiger partial charge on any atom is -0.480 e. The van der Waals surface area contributed by atoms with Crippen LogP contribution in [-0.2, 0) is 49.6 Å². The van der Waals surface area contributed by atoms with Crippen LogP contribution in [0.3, 0.4) is 0 Å². The third kappa shape index (κ3) is 17.3. The fourth-order valence-electron chi connectivity index (χ4n) is 7.53. The summed E-state index contributed by atoms with van der Waals surface area (Å²) >= 11 is 0. The van der Waals surface area contributed by atoms with E-state index in [1.165, 1.54) is 4.90 Å². The standard InChI is InChI=1S/C44H69N13O13/c1-22(2)15-29(38(64)54-31(20-59)40(66)53-30(43(69)70)16-24-17-49-27-10-6-5-9-25(24)27)52-41(67)33-12-8-14-57(33)34(61)18-50-37(63)28(11-7-13-48-44(46)47)51-39(65)32(21-60)55-42(68)35(23(3)4)56-36(62)26(45)19-58/h5-6,9-10,17,22-23,26,28-33,35,49,58-60H,7-8,11-16,18-21,45H2,1-4H3,(H,50,63)(H,51,65)(H,52,67)(H,53,66)(H,54,64)(H,55,68)(H,56,62)(H,69,70)(H4,46,47,48)/t26-,28-,29-,30-,31-,32-,33-,35-/m0/s1. The largest absolute Gasteiger partial charge is 0.480 e. The van der Waals surface area contributed by atoms with Crippen LogP contribution in [0.15, 0.2) is 35.5 Å². The molecule has 8 atom stereocenters. The molecule has 0 bridgehead atoms. The van der Waals surface area contributed by atoms with Crippen molar-refractivity contribution in [2.75, 3.05) is 39.5 Å². The van der Waals surface area contributed by atoms with Gasteiger partial charge in [-0.3, -0.25) is 43.3 Å². The summed E-state index contributed by atoms with van der Waals surface area (Å²) in [5.41, 5.74) is 17.8. The van der Waals surface area contributed by atoms with Gasteiger partial charge in [-0.25, -0.2) is 4.79 Å². The molecule has 0 spiro atoms. The molecule has 26 heteroatoms. The van der Waals surface area contributed by atoms with Gasteiger partial charge < -0.3 is 84.7 Å². The Labute approximate surface area is 404 Å². The number of aliphatic hydroxyl groups excluding tert-OH is 3. The number of fused-ring (bicyclic) bond motifs is 1. The van der Waals surface area contributed by atoms with Crippen LogP contribution < -0.4 is 54.4 Å². The highest BCUT2D eigenvalue weighted by Gasteiger charge is 2.38. The zero-order chi connectivity index (χ0) is 52.2. The van der Waals surface area contributed by atoms with Gasteiger partial charge >= 0.3 is 5.97 Å². The van der Waals surface area contributed by atoms with Gasteiger partial charge in [0.25, 0.3) is 0 Å². The van der Waals surface area contributed by atoms with E-state index in [0.29, 0.717) is 12.0 Å². The number of amides is 8. The number of aromatic nitrogens is 1. The first-order valence-corrected chi connectivity index (χ1v) is 22.9. The van der Waals surface area contributed by atoms with Crippen molar-refractivity contribution < 1.29 is 63.6 Å². The number of benzene rings is 1. The second-order valence-corrected chi connectivity index (χ2v) is 17.6. The van der Waals surface area contributed by atoms with Crippen LogP contribution in [0.4, 0.5) is 0 Å². The molecule has 3 rings (SSSR count). The summed E-state index contributed by atoms with van der Waals surface area (Å²) in [6.07, 6.45) is 2.20. The van der Waals surface area contributed by atoms with E-state index in [1.807, 2.05) is 0 Å². The molecule has 388 valence electrons. The first-order valence-electron chi connectivity index (χ1n) is 22.9. The molecule has 1 aliphatic heterocycles. The number of carbonyl (C=O) groups excluding carboxylic acids is 8. The molecule has 1 aromatic heterocycles. The lowest BCUT2D eigenvalue weighted by Gasteiger charge is -2.28. The van der Waals surface area contributed by atoms with Crippen LogP contribution in [0.5, 0.6) is 0 Å². The van der Waals surface area contributed by atoms with Crippen LogP contribution >= 0.6 is 0 Å². The van der Waals surface area contributed by atoms with Crippen LogP contribution in [0, 0.1) is 11.8 Å². The number of aliphatic carboxylic acids is 1. The quantitative estimate of drug-likeness (QED) is 0.0215. The van der Waals surface area contributed by atoms with Crippen LogP contribution in [0.1, 0.15) is 65.4 Å². The molecule has 1 aromatic carbocycles. The van der Waals surface area contributed by atoms with Gasteiger partial charge in [-0.1, -0.05) is 45.9 Å². The number of aromatic amines is 1. The van der Waals surface area contributed by atoms with E-state index >= 15 is 0 Å². The lowest BCUT2D eigenvalue weighted by Crippen LogP contribution is -2.60. The number of hydrogen-bond donors (Lipinski definition) is 15. The highest BCUT2D eigenvalue weighted by Crippen LogP contribution is 2.20. The van der Waals surface area contributed by atoms with Crippen molar-refractivity contribution in [2.45, 2.75) is 115 Å². The lowest BCUT2D eigenvalue weighted by molar-refractivity contribution is -0.142. The summed E-state index contributed by atoms with van der Waals surface area (Å²) in [5, 5.41) is 57.1. The summed E-state index contributed by atoms with van der Waals surface area (Å²) in [5.74, 6) is -9.10. The smallest absolute Gasteiger partial charge is 0.326 e. The van der Waals surface area contributed by atoms with E-state index in [2.05, 4.69) is 47.2 Å². The Kier molecular flexibility index (Phi) is 22.9. The monoisotopic (exact) mass is 988 g/mol. The number of H-pyrrole nitrogens is 1. The molecule has 26 nitrogen and oxygen atoms in total. The van der Waals surface area contributed by atoms with Gasteiger partial charge in [-0.2, -0.15) is 0 Å². The van der Waals surface area contributed by atoms with Crippen LogP contribution in [-0.4, -0.2) is 177 Å². The summed E-state index contributed by atoms with van der Waals surface area (Å²) in [6.45, 7) is 3.71. The molecule has 0 aliphatic carbocycles. The van der Waals surface area contributed by atoms with Gasteiger partial charge in [-0.05, 0) is 55.6 Å².